The van der Waals surface area contributed by atoms with Crippen LogP contribution in [0.1, 0.15) is 21.5 Å². The first kappa shape index (κ1) is 17.8. The number of carbonyl (C=O) groups is 1. The van der Waals surface area contributed by atoms with Gasteiger partial charge in [0.2, 0.25) is 11.4 Å². The predicted octanol–water partition coefficient (Wildman–Crippen LogP) is 3.58. The van der Waals surface area contributed by atoms with Crippen LogP contribution in [0.2, 0.25) is 0 Å². The van der Waals surface area contributed by atoms with E-state index in [0.29, 0.717) is 17.1 Å². The molecule has 2 atom stereocenters. The van der Waals surface area contributed by atoms with Gasteiger partial charge in [-0.2, -0.15) is 0 Å². The molecule has 138 valence electrons. The molecular weight excluding hydrogens is 352 g/mol. The molecule has 0 saturated heterocycles. The number of rotatable bonds is 2. The van der Waals surface area contributed by atoms with Crippen molar-refractivity contribution in [1.29, 1.82) is 0 Å². The Kier molecular flexibility index (Phi) is 4.60. The molecule has 0 aliphatic carbocycles. The number of aliphatic hydroxyl groups excluding tert-OH is 1. The molecule has 1 aliphatic rings. The normalized spacial score (nSPS) is 20.4. The van der Waals surface area contributed by atoms with Gasteiger partial charge in [0.1, 0.15) is 11.5 Å². The average molecular weight is 370 g/mol. The molecule has 1 N–H and O–H groups in total. The summed E-state index contributed by atoms with van der Waals surface area (Å²) in [7, 11) is 1.52. The van der Waals surface area contributed by atoms with Crippen molar-refractivity contribution < 1.29 is 19.4 Å². The van der Waals surface area contributed by atoms with Gasteiger partial charge in [-0.25, -0.2) is 0 Å². The highest BCUT2D eigenvalue weighted by molar-refractivity contribution is 6.04. The van der Waals surface area contributed by atoms with Gasteiger partial charge in [0.25, 0.3) is 0 Å². The molecule has 0 saturated carbocycles. The first-order chi connectivity index (χ1) is 13.6. The average Bonchev–Trinajstić information content (AvgIpc) is 2.76. The predicted molar refractivity (Wildman–Crippen MR) is 105 cm³/mol. The fraction of sp³-hybridized carbons (Fsp3) is 0.125. The van der Waals surface area contributed by atoms with Crippen molar-refractivity contribution in [2.24, 2.45) is 0 Å². The van der Waals surface area contributed by atoms with E-state index in [1.165, 1.54) is 7.11 Å². The lowest BCUT2D eigenvalue weighted by Crippen LogP contribution is -2.51. The van der Waals surface area contributed by atoms with Gasteiger partial charge < -0.3 is 14.6 Å². The quantitative estimate of drug-likeness (QED) is 0.701. The molecule has 3 aromatic rings. The summed E-state index contributed by atoms with van der Waals surface area (Å²) in [5.74, 6) is 6.52. The van der Waals surface area contributed by atoms with E-state index in [4.69, 9.17) is 9.47 Å². The lowest BCUT2D eigenvalue weighted by molar-refractivity contribution is -0.0157. The Morgan fingerprint density at radius 3 is 2.36 bits per heavy atom. The zero-order valence-electron chi connectivity index (χ0n) is 15.3. The first-order valence-corrected chi connectivity index (χ1v) is 8.87. The van der Waals surface area contributed by atoms with Gasteiger partial charge in [-0.15, -0.1) is 0 Å². The van der Waals surface area contributed by atoms with Crippen LogP contribution in [0.5, 0.6) is 11.5 Å². The number of methoxy groups -OCH3 is 1. The largest absolute Gasteiger partial charge is 0.497 e. The van der Waals surface area contributed by atoms with E-state index in [9.17, 15) is 9.90 Å². The van der Waals surface area contributed by atoms with Gasteiger partial charge in [0.15, 0.2) is 6.10 Å². The Morgan fingerprint density at radius 2 is 1.68 bits per heavy atom. The molecule has 0 aromatic heterocycles. The van der Waals surface area contributed by atoms with Crippen LogP contribution in [0.4, 0.5) is 0 Å². The summed E-state index contributed by atoms with van der Waals surface area (Å²) in [5.41, 5.74) is 0.151. The summed E-state index contributed by atoms with van der Waals surface area (Å²) in [6.45, 7) is 0. The summed E-state index contributed by atoms with van der Waals surface area (Å²) < 4.78 is 11.4. The van der Waals surface area contributed by atoms with Crippen LogP contribution < -0.4 is 9.47 Å². The summed E-state index contributed by atoms with van der Waals surface area (Å²) in [6, 6.07) is 23.4. The molecule has 4 rings (SSSR count). The van der Waals surface area contributed by atoms with Crippen molar-refractivity contribution in [3.05, 3.63) is 95.6 Å². The SMILES string of the molecule is COc1ccc2c(c1)C(=O)C(O)C(C#Cc1ccccc1)(c1ccccc1)O2. The minimum atomic E-state index is -1.50. The molecule has 0 amide bonds. The molecule has 0 radical (unpaired) electrons. The summed E-state index contributed by atoms with van der Waals surface area (Å²) in [4.78, 5) is 13.0. The molecule has 1 heterocycles. The van der Waals surface area contributed by atoms with Crippen LogP contribution in [0, 0.1) is 11.8 Å². The van der Waals surface area contributed by atoms with Crippen LogP contribution in [0.3, 0.4) is 0 Å². The lowest BCUT2D eigenvalue weighted by atomic mass is 9.81. The Labute approximate surface area is 163 Å². The molecule has 28 heavy (non-hydrogen) atoms. The summed E-state index contributed by atoms with van der Waals surface area (Å²) in [6.07, 6.45) is -1.48. The number of carbonyl (C=O) groups excluding carboxylic acids is 1. The standard InChI is InChI=1S/C24H18O4/c1-27-19-12-13-21-20(16-19)22(25)23(26)24(28-21,18-10-6-3-7-11-18)15-14-17-8-4-2-5-9-17/h2-13,16,23,26H,1H3. The fourth-order valence-corrected chi connectivity index (χ4v) is 3.23. The Hall–Kier alpha value is -3.55. The van der Waals surface area contributed by atoms with Crippen LogP contribution in [0.15, 0.2) is 78.9 Å². The minimum Gasteiger partial charge on any atom is -0.497 e. The van der Waals surface area contributed by atoms with E-state index < -0.39 is 17.5 Å². The highest BCUT2D eigenvalue weighted by atomic mass is 16.5. The number of ether oxygens (including phenoxy) is 2. The zero-order valence-corrected chi connectivity index (χ0v) is 15.3. The highest BCUT2D eigenvalue weighted by Gasteiger charge is 2.49. The van der Waals surface area contributed by atoms with Crippen molar-refractivity contribution in [2.45, 2.75) is 11.7 Å². The van der Waals surface area contributed by atoms with Gasteiger partial charge in [-0.3, -0.25) is 4.79 Å². The summed E-state index contributed by atoms with van der Waals surface area (Å²) in [5, 5.41) is 11.0. The maximum atomic E-state index is 13.0. The molecule has 0 bridgehead atoms. The van der Waals surface area contributed by atoms with E-state index >= 15 is 0 Å². The molecule has 2 unspecified atom stereocenters. The van der Waals surface area contributed by atoms with Crippen molar-refractivity contribution in [1.82, 2.24) is 0 Å². The van der Waals surface area contributed by atoms with E-state index in [-0.39, 0.29) is 5.56 Å². The number of hydrogen-bond donors (Lipinski definition) is 1. The second-order valence-electron chi connectivity index (χ2n) is 6.45. The molecule has 4 heteroatoms. The topological polar surface area (TPSA) is 55.8 Å². The molecular formula is C24H18O4. The van der Waals surface area contributed by atoms with E-state index in [1.807, 2.05) is 48.5 Å². The monoisotopic (exact) mass is 370 g/mol. The van der Waals surface area contributed by atoms with E-state index in [1.54, 1.807) is 30.3 Å². The maximum absolute atomic E-state index is 13.0. The third kappa shape index (κ3) is 3.02. The minimum absolute atomic E-state index is 0.278. The van der Waals surface area contributed by atoms with Crippen LogP contribution in [-0.2, 0) is 5.60 Å². The number of Topliss-reactive ketones (excluding diaryl/α,β-unsaturated/α-hetero) is 1. The van der Waals surface area contributed by atoms with Gasteiger partial charge in [0.05, 0.1) is 12.7 Å². The second kappa shape index (κ2) is 7.22. The smallest absolute Gasteiger partial charge is 0.228 e. The van der Waals surface area contributed by atoms with Crippen molar-refractivity contribution in [2.75, 3.05) is 7.11 Å². The molecule has 4 nitrogen and oxygen atoms in total. The third-order valence-corrected chi connectivity index (χ3v) is 4.73. The van der Waals surface area contributed by atoms with E-state index in [2.05, 4.69) is 11.8 Å². The number of ketones is 1. The van der Waals surface area contributed by atoms with Crippen LogP contribution in [-0.4, -0.2) is 24.1 Å². The molecule has 3 aromatic carbocycles. The van der Waals surface area contributed by atoms with E-state index in [0.717, 1.165) is 5.56 Å². The van der Waals surface area contributed by atoms with Gasteiger partial charge >= 0.3 is 0 Å². The van der Waals surface area contributed by atoms with Crippen molar-refractivity contribution >= 4 is 5.78 Å². The van der Waals surface area contributed by atoms with Crippen molar-refractivity contribution in [3.8, 4) is 23.3 Å². The molecule has 0 fully saturated rings. The number of fused-ring (bicyclic) bond motifs is 1. The van der Waals surface area contributed by atoms with Crippen LogP contribution in [0.25, 0.3) is 0 Å². The molecule has 1 aliphatic heterocycles. The lowest BCUT2D eigenvalue weighted by Gasteiger charge is -2.38. The number of hydrogen-bond acceptors (Lipinski definition) is 4. The second-order valence-corrected chi connectivity index (χ2v) is 6.45. The Balaban J connectivity index is 1.89. The van der Waals surface area contributed by atoms with Gasteiger partial charge in [-0.05, 0) is 36.3 Å². The highest BCUT2D eigenvalue weighted by Crippen LogP contribution is 2.41. The Morgan fingerprint density at radius 1 is 1.00 bits per heavy atom. The zero-order chi connectivity index (χ0) is 19.6. The van der Waals surface area contributed by atoms with Crippen molar-refractivity contribution in [3.63, 3.8) is 0 Å². The fourth-order valence-electron chi connectivity index (χ4n) is 3.23. The summed E-state index contributed by atoms with van der Waals surface area (Å²) >= 11 is 0. The molecule has 0 spiro atoms. The first-order valence-electron chi connectivity index (χ1n) is 8.87. The maximum Gasteiger partial charge on any atom is 0.228 e. The Bertz CT molecular complexity index is 1060. The van der Waals surface area contributed by atoms with Gasteiger partial charge in [0, 0.05) is 11.1 Å². The van der Waals surface area contributed by atoms with Gasteiger partial charge in [-0.1, -0.05) is 54.5 Å². The number of benzene rings is 3. The van der Waals surface area contributed by atoms with Crippen LogP contribution >= 0.6 is 0 Å². The number of aliphatic hydroxyl groups is 1. The third-order valence-electron chi connectivity index (χ3n) is 4.73.